The Morgan fingerprint density at radius 3 is 2.32 bits per heavy atom. The average Bonchev–Trinajstić information content (AvgIpc) is 3.14. The number of thiophene rings is 1. The van der Waals surface area contributed by atoms with Crippen LogP contribution in [0.1, 0.15) is 27.0 Å². The smallest absolute Gasteiger partial charge is 0.262 e. The van der Waals surface area contributed by atoms with E-state index in [0.29, 0.717) is 31.1 Å². The van der Waals surface area contributed by atoms with E-state index in [1.165, 1.54) is 17.4 Å². The molecule has 0 spiro atoms. The second-order valence-electron chi connectivity index (χ2n) is 6.43. The van der Waals surface area contributed by atoms with Gasteiger partial charge in [0, 0.05) is 26.2 Å². The Labute approximate surface area is 175 Å². The fourth-order valence-corrected chi connectivity index (χ4v) is 4.28. The van der Waals surface area contributed by atoms with Crippen molar-refractivity contribution in [2.75, 3.05) is 26.2 Å². The predicted molar refractivity (Wildman–Crippen MR) is 110 cm³/mol. The maximum Gasteiger partial charge on any atom is 0.262 e. The molecule has 2 aromatic rings. The first-order valence-electron chi connectivity index (χ1n) is 8.79. The Morgan fingerprint density at radius 2 is 1.71 bits per heavy atom. The number of para-hydroxylation sites is 1. The number of rotatable bonds is 4. The lowest BCUT2D eigenvalue weighted by Gasteiger charge is -2.36. The first kappa shape index (κ1) is 20.3. The van der Waals surface area contributed by atoms with Crippen LogP contribution in [0.2, 0.25) is 0 Å². The molecule has 148 valence electrons. The molecule has 28 heavy (non-hydrogen) atoms. The molecule has 3 amide bonds. The first-order chi connectivity index (χ1) is 13.4. The van der Waals surface area contributed by atoms with E-state index < -0.39 is 6.04 Å². The number of carbonyl (C=O) groups is 3. The number of benzene rings is 1. The van der Waals surface area contributed by atoms with Crippen LogP contribution in [0.5, 0.6) is 5.75 Å². The number of hydrogen-bond donors (Lipinski definition) is 2. The van der Waals surface area contributed by atoms with Gasteiger partial charge < -0.3 is 20.2 Å². The molecule has 2 N–H and O–H groups in total. The third kappa shape index (κ3) is 4.53. The lowest BCUT2D eigenvalue weighted by Crippen LogP contribution is -2.55. The molecule has 0 aliphatic carbocycles. The van der Waals surface area contributed by atoms with Gasteiger partial charge in [-0.25, -0.2) is 0 Å². The number of nitrogens with one attached hydrogen (secondary N) is 1. The fraction of sp³-hybridized carbons (Fsp3) is 0.316. The highest BCUT2D eigenvalue weighted by molar-refractivity contribution is 9.11. The van der Waals surface area contributed by atoms with Crippen molar-refractivity contribution in [2.24, 2.45) is 0 Å². The molecule has 1 aromatic heterocycles. The second-order valence-corrected chi connectivity index (χ2v) is 8.90. The highest BCUT2D eigenvalue weighted by atomic mass is 79.9. The molecule has 1 unspecified atom stereocenters. The van der Waals surface area contributed by atoms with Crippen LogP contribution in [-0.2, 0) is 4.79 Å². The highest BCUT2D eigenvalue weighted by Crippen LogP contribution is 2.22. The van der Waals surface area contributed by atoms with Crippen molar-refractivity contribution in [2.45, 2.75) is 13.0 Å². The van der Waals surface area contributed by atoms with Crippen LogP contribution in [-0.4, -0.2) is 64.8 Å². The minimum atomic E-state index is -0.659. The summed E-state index contributed by atoms with van der Waals surface area (Å²) in [5.41, 5.74) is 0.255. The van der Waals surface area contributed by atoms with E-state index in [0.717, 1.165) is 3.79 Å². The fourth-order valence-electron chi connectivity index (χ4n) is 2.99. The monoisotopic (exact) mass is 465 g/mol. The topological polar surface area (TPSA) is 90.0 Å². The molecule has 0 radical (unpaired) electrons. The molecular weight excluding hydrogens is 446 g/mol. The SMILES string of the molecule is CC(NC(=O)c1ccc(Br)s1)C(=O)N1CCN(C(=O)c2ccccc2O)CC1. The largest absolute Gasteiger partial charge is 0.507 e. The van der Waals surface area contributed by atoms with Crippen molar-refractivity contribution < 1.29 is 19.5 Å². The Morgan fingerprint density at radius 1 is 1.07 bits per heavy atom. The van der Waals surface area contributed by atoms with Gasteiger partial charge in [-0.2, -0.15) is 0 Å². The summed E-state index contributed by atoms with van der Waals surface area (Å²) in [6.07, 6.45) is 0. The van der Waals surface area contributed by atoms with Crippen LogP contribution in [0.4, 0.5) is 0 Å². The van der Waals surface area contributed by atoms with Gasteiger partial charge in [0.05, 0.1) is 14.2 Å². The van der Waals surface area contributed by atoms with E-state index in [4.69, 9.17) is 0 Å². The summed E-state index contributed by atoms with van der Waals surface area (Å²) in [4.78, 5) is 41.2. The molecule has 1 aliphatic rings. The van der Waals surface area contributed by atoms with Crippen LogP contribution in [0.15, 0.2) is 40.2 Å². The molecule has 1 saturated heterocycles. The number of aromatic hydroxyl groups is 1. The van der Waals surface area contributed by atoms with Crippen molar-refractivity contribution in [3.8, 4) is 5.75 Å². The molecule has 0 bridgehead atoms. The first-order valence-corrected chi connectivity index (χ1v) is 10.4. The van der Waals surface area contributed by atoms with Gasteiger partial charge in [0.15, 0.2) is 0 Å². The van der Waals surface area contributed by atoms with Crippen molar-refractivity contribution in [3.63, 3.8) is 0 Å². The minimum Gasteiger partial charge on any atom is -0.507 e. The number of phenols is 1. The van der Waals surface area contributed by atoms with Crippen molar-refractivity contribution >= 4 is 45.0 Å². The Kier molecular flexibility index (Phi) is 6.35. The number of carbonyl (C=O) groups excluding carboxylic acids is 3. The maximum absolute atomic E-state index is 12.6. The third-order valence-corrected chi connectivity index (χ3v) is 6.15. The van der Waals surface area contributed by atoms with Gasteiger partial charge in [-0.15, -0.1) is 11.3 Å². The zero-order chi connectivity index (χ0) is 20.3. The highest BCUT2D eigenvalue weighted by Gasteiger charge is 2.29. The van der Waals surface area contributed by atoms with Crippen LogP contribution in [0.25, 0.3) is 0 Å². The van der Waals surface area contributed by atoms with Crippen molar-refractivity contribution in [1.29, 1.82) is 0 Å². The van der Waals surface area contributed by atoms with E-state index in [1.54, 1.807) is 47.1 Å². The number of piperazine rings is 1. The standard InChI is InChI=1S/C19H20BrN3O4S/c1-12(21-17(25)15-6-7-16(20)28-15)18(26)22-8-10-23(11-9-22)19(27)13-4-2-3-5-14(13)24/h2-7,12,24H,8-11H2,1H3,(H,21,25). The lowest BCUT2D eigenvalue weighted by atomic mass is 10.1. The number of amides is 3. The predicted octanol–water partition coefficient (Wildman–Crippen LogP) is 2.32. The Hall–Kier alpha value is -2.39. The summed E-state index contributed by atoms with van der Waals surface area (Å²) < 4.78 is 0.849. The number of halogens is 1. The molecule has 0 saturated carbocycles. The van der Waals surface area contributed by atoms with Gasteiger partial charge in [-0.1, -0.05) is 12.1 Å². The summed E-state index contributed by atoms with van der Waals surface area (Å²) in [6.45, 7) is 3.16. The molecule has 7 nitrogen and oxygen atoms in total. The zero-order valence-corrected chi connectivity index (χ0v) is 17.6. The normalized spacial score (nSPS) is 15.2. The van der Waals surface area contributed by atoms with Crippen molar-refractivity contribution in [1.82, 2.24) is 15.1 Å². The molecule has 1 aromatic carbocycles. The molecule has 1 atom stereocenters. The lowest BCUT2D eigenvalue weighted by molar-refractivity contribution is -0.134. The van der Waals surface area contributed by atoms with Gasteiger partial charge >= 0.3 is 0 Å². The number of hydrogen-bond acceptors (Lipinski definition) is 5. The maximum atomic E-state index is 12.6. The zero-order valence-electron chi connectivity index (χ0n) is 15.2. The molecule has 2 heterocycles. The molecule has 9 heteroatoms. The van der Waals surface area contributed by atoms with E-state index in [9.17, 15) is 19.5 Å². The second kappa shape index (κ2) is 8.74. The summed E-state index contributed by atoms with van der Waals surface area (Å²) in [6, 6.07) is 9.24. The molecule has 1 aliphatic heterocycles. The minimum absolute atomic E-state index is 0.0532. The van der Waals surface area contributed by atoms with Crippen LogP contribution < -0.4 is 5.32 Å². The summed E-state index contributed by atoms with van der Waals surface area (Å²) in [7, 11) is 0. The number of phenolic OH excluding ortho intramolecular Hbond substituents is 1. The van der Waals surface area contributed by atoms with E-state index in [2.05, 4.69) is 21.2 Å². The van der Waals surface area contributed by atoms with E-state index >= 15 is 0 Å². The van der Waals surface area contributed by atoms with Crippen LogP contribution in [0.3, 0.4) is 0 Å². The van der Waals surface area contributed by atoms with Gasteiger partial charge in [0.2, 0.25) is 5.91 Å². The Bertz CT molecular complexity index is 893. The van der Waals surface area contributed by atoms with Crippen LogP contribution in [0, 0.1) is 0 Å². The summed E-state index contributed by atoms with van der Waals surface area (Å²) >= 11 is 4.62. The van der Waals surface area contributed by atoms with E-state index in [-0.39, 0.29) is 29.0 Å². The van der Waals surface area contributed by atoms with Gasteiger partial charge in [0.25, 0.3) is 11.8 Å². The molecular formula is C19H20BrN3O4S. The van der Waals surface area contributed by atoms with Gasteiger partial charge in [-0.05, 0) is 47.1 Å². The quantitative estimate of drug-likeness (QED) is 0.724. The van der Waals surface area contributed by atoms with Gasteiger partial charge in [-0.3, -0.25) is 14.4 Å². The molecule has 1 fully saturated rings. The Balaban J connectivity index is 1.54. The summed E-state index contributed by atoms with van der Waals surface area (Å²) in [5, 5.41) is 12.6. The molecule has 3 rings (SSSR count). The number of nitrogens with zero attached hydrogens (tertiary/aromatic N) is 2. The van der Waals surface area contributed by atoms with Crippen molar-refractivity contribution in [3.05, 3.63) is 50.6 Å². The summed E-state index contributed by atoms with van der Waals surface area (Å²) in [5.74, 6) is -0.777. The van der Waals surface area contributed by atoms with E-state index in [1.807, 2.05) is 0 Å². The van der Waals surface area contributed by atoms with Gasteiger partial charge in [0.1, 0.15) is 11.8 Å². The third-order valence-electron chi connectivity index (χ3n) is 4.53. The van der Waals surface area contributed by atoms with Crippen LogP contribution >= 0.6 is 27.3 Å². The average molecular weight is 466 g/mol.